The summed E-state index contributed by atoms with van der Waals surface area (Å²) in [6.45, 7) is 0. The van der Waals surface area contributed by atoms with Gasteiger partial charge in [0.25, 0.3) is 0 Å². The average molecular weight is 302 g/mol. The summed E-state index contributed by atoms with van der Waals surface area (Å²) in [6, 6.07) is 11.6. The van der Waals surface area contributed by atoms with Gasteiger partial charge in [-0.3, -0.25) is 0 Å². The number of ether oxygens (including phenoxy) is 2. The Kier molecular flexibility index (Phi) is 3.45. The summed E-state index contributed by atoms with van der Waals surface area (Å²) in [5, 5.41) is 0. The van der Waals surface area contributed by atoms with Crippen molar-refractivity contribution in [2.45, 2.75) is 0 Å². The molecule has 21 heavy (non-hydrogen) atoms. The second-order valence-electron chi connectivity index (χ2n) is 4.15. The third-order valence-corrected chi connectivity index (χ3v) is 3.65. The number of esters is 1. The van der Waals surface area contributed by atoms with Crippen LogP contribution in [-0.4, -0.2) is 13.1 Å². The maximum absolute atomic E-state index is 12.1. The van der Waals surface area contributed by atoms with E-state index in [4.69, 9.17) is 13.9 Å². The molecule has 0 aliphatic heterocycles. The topological polar surface area (TPSA) is 65.7 Å². The fourth-order valence-corrected chi connectivity index (χ4v) is 2.54. The molecule has 6 heteroatoms. The molecule has 0 N–H and O–H groups in total. The van der Waals surface area contributed by atoms with E-state index in [1.807, 2.05) is 0 Å². The van der Waals surface area contributed by atoms with Gasteiger partial charge in [-0.1, -0.05) is 23.5 Å². The number of rotatable bonds is 3. The van der Waals surface area contributed by atoms with Crippen LogP contribution < -0.4 is 14.4 Å². The number of methoxy groups -OCH3 is 1. The molecule has 5 nitrogen and oxygen atoms in total. The van der Waals surface area contributed by atoms with Gasteiger partial charge in [0.2, 0.25) is 0 Å². The van der Waals surface area contributed by atoms with Crippen LogP contribution in [0.3, 0.4) is 0 Å². The molecule has 106 valence electrons. The highest BCUT2D eigenvalue weighted by molar-refractivity contribution is 7.16. The van der Waals surface area contributed by atoms with Gasteiger partial charge in [-0.05, 0) is 24.3 Å². The van der Waals surface area contributed by atoms with Crippen LogP contribution in [0.15, 0.2) is 51.7 Å². The lowest BCUT2D eigenvalue weighted by Crippen LogP contribution is -2.09. The molecular formula is C15H10O5S. The summed E-state index contributed by atoms with van der Waals surface area (Å²) < 4.78 is 16.1. The normalized spacial score (nSPS) is 10.5. The number of benzene rings is 2. The second kappa shape index (κ2) is 5.41. The standard InChI is InChI=1S/C15H10O5S/c1-18-11-5-3-2-4-10(11)14(16)19-9-6-7-13-12(8-9)20-15(17)21-13/h2-8H,1H3. The van der Waals surface area contributed by atoms with Crippen LogP contribution in [0, 0.1) is 0 Å². The van der Waals surface area contributed by atoms with Crippen molar-refractivity contribution in [3.63, 3.8) is 0 Å². The lowest BCUT2D eigenvalue weighted by molar-refractivity contribution is 0.0731. The predicted octanol–water partition coefficient (Wildman–Crippen LogP) is 3.08. The zero-order chi connectivity index (χ0) is 14.8. The molecule has 0 saturated carbocycles. The first kappa shape index (κ1) is 13.4. The Morgan fingerprint density at radius 1 is 1.19 bits per heavy atom. The Morgan fingerprint density at radius 3 is 2.81 bits per heavy atom. The van der Waals surface area contributed by atoms with Crippen LogP contribution in [0.5, 0.6) is 11.5 Å². The predicted molar refractivity (Wildman–Crippen MR) is 78.3 cm³/mol. The van der Waals surface area contributed by atoms with Gasteiger partial charge < -0.3 is 13.9 Å². The molecule has 0 amide bonds. The number of para-hydroxylation sites is 1. The van der Waals surface area contributed by atoms with Crippen molar-refractivity contribution in [1.29, 1.82) is 0 Å². The minimum atomic E-state index is -0.538. The summed E-state index contributed by atoms with van der Waals surface area (Å²) in [5.74, 6) is 0.204. The van der Waals surface area contributed by atoms with E-state index in [2.05, 4.69) is 0 Å². The van der Waals surface area contributed by atoms with Crippen molar-refractivity contribution in [1.82, 2.24) is 0 Å². The smallest absolute Gasteiger partial charge is 0.396 e. The Labute approximate surface area is 123 Å². The lowest BCUT2D eigenvalue weighted by Gasteiger charge is -2.07. The number of carbonyl (C=O) groups is 1. The molecule has 0 radical (unpaired) electrons. The van der Waals surface area contributed by atoms with E-state index in [-0.39, 0.29) is 0 Å². The van der Waals surface area contributed by atoms with Crippen molar-refractivity contribution in [2.75, 3.05) is 7.11 Å². The Balaban J connectivity index is 1.90. The van der Waals surface area contributed by atoms with E-state index in [0.29, 0.717) is 27.3 Å². The number of carbonyl (C=O) groups excluding carboxylic acids is 1. The monoisotopic (exact) mass is 302 g/mol. The number of hydrogen-bond donors (Lipinski definition) is 0. The van der Waals surface area contributed by atoms with Crippen molar-refractivity contribution >= 4 is 27.6 Å². The van der Waals surface area contributed by atoms with Gasteiger partial charge in [0.1, 0.15) is 17.1 Å². The summed E-state index contributed by atoms with van der Waals surface area (Å²) >= 11 is 0.999. The third kappa shape index (κ3) is 2.66. The number of hydrogen-bond acceptors (Lipinski definition) is 6. The second-order valence-corrected chi connectivity index (χ2v) is 5.13. The largest absolute Gasteiger partial charge is 0.496 e. The molecule has 1 heterocycles. The zero-order valence-corrected chi connectivity index (χ0v) is 11.8. The Hall–Kier alpha value is -2.60. The molecule has 0 unspecified atom stereocenters. The molecular weight excluding hydrogens is 292 g/mol. The van der Waals surface area contributed by atoms with Crippen molar-refractivity contribution in [3.8, 4) is 11.5 Å². The Bertz CT molecular complexity index is 862. The maximum atomic E-state index is 12.1. The van der Waals surface area contributed by atoms with Gasteiger partial charge in [-0.2, -0.15) is 0 Å². The van der Waals surface area contributed by atoms with Crippen molar-refractivity contribution < 1.29 is 18.7 Å². The van der Waals surface area contributed by atoms with E-state index in [9.17, 15) is 9.59 Å². The zero-order valence-electron chi connectivity index (χ0n) is 11.0. The fourth-order valence-electron chi connectivity index (χ4n) is 1.89. The van der Waals surface area contributed by atoms with Crippen LogP contribution >= 0.6 is 11.3 Å². The highest BCUT2D eigenvalue weighted by atomic mass is 32.1. The minimum Gasteiger partial charge on any atom is -0.496 e. The summed E-state index contributed by atoms with van der Waals surface area (Å²) in [4.78, 5) is 22.9. The summed E-state index contributed by atoms with van der Waals surface area (Å²) in [7, 11) is 1.48. The van der Waals surface area contributed by atoms with Crippen LogP contribution in [-0.2, 0) is 0 Å². The SMILES string of the molecule is COc1ccccc1C(=O)Oc1ccc2sc(=O)oc2c1. The quantitative estimate of drug-likeness (QED) is 0.549. The van der Waals surface area contributed by atoms with Crippen molar-refractivity contribution in [2.24, 2.45) is 0 Å². The fraction of sp³-hybridized carbons (Fsp3) is 0.0667. The summed E-state index contributed by atoms with van der Waals surface area (Å²) in [5.41, 5.74) is 0.724. The van der Waals surface area contributed by atoms with Crippen molar-refractivity contribution in [3.05, 3.63) is 57.8 Å². The highest BCUT2D eigenvalue weighted by Crippen LogP contribution is 2.25. The van der Waals surface area contributed by atoms with E-state index in [1.165, 1.54) is 13.2 Å². The van der Waals surface area contributed by atoms with Crippen LogP contribution in [0.25, 0.3) is 10.3 Å². The van der Waals surface area contributed by atoms with E-state index in [0.717, 1.165) is 11.3 Å². The molecule has 0 saturated heterocycles. The molecule has 0 spiro atoms. The van der Waals surface area contributed by atoms with E-state index < -0.39 is 10.9 Å². The average Bonchev–Trinajstić information content (AvgIpc) is 2.86. The number of fused-ring (bicyclic) bond motifs is 1. The van der Waals surface area contributed by atoms with Gasteiger partial charge in [0.15, 0.2) is 5.58 Å². The molecule has 0 aliphatic rings. The first-order chi connectivity index (χ1) is 10.2. The molecule has 0 fully saturated rings. The third-order valence-electron chi connectivity index (χ3n) is 2.84. The minimum absolute atomic E-state index is 0.306. The molecule has 0 aliphatic carbocycles. The summed E-state index contributed by atoms with van der Waals surface area (Å²) in [6.07, 6.45) is 0. The Morgan fingerprint density at radius 2 is 2.00 bits per heavy atom. The lowest BCUT2D eigenvalue weighted by atomic mass is 10.2. The molecule has 0 atom stereocenters. The first-order valence-electron chi connectivity index (χ1n) is 6.06. The van der Waals surface area contributed by atoms with Crippen LogP contribution in [0.2, 0.25) is 0 Å². The molecule has 2 aromatic carbocycles. The van der Waals surface area contributed by atoms with Gasteiger partial charge in [-0.15, -0.1) is 0 Å². The molecule has 3 rings (SSSR count). The molecule has 3 aromatic rings. The van der Waals surface area contributed by atoms with Crippen LogP contribution in [0.4, 0.5) is 0 Å². The van der Waals surface area contributed by atoms with Gasteiger partial charge in [0.05, 0.1) is 11.8 Å². The van der Waals surface area contributed by atoms with E-state index in [1.54, 1.807) is 36.4 Å². The van der Waals surface area contributed by atoms with Gasteiger partial charge in [0, 0.05) is 6.07 Å². The molecule has 1 aromatic heterocycles. The van der Waals surface area contributed by atoms with E-state index >= 15 is 0 Å². The maximum Gasteiger partial charge on any atom is 0.396 e. The van der Waals surface area contributed by atoms with Crippen LogP contribution in [0.1, 0.15) is 10.4 Å². The highest BCUT2D eigenvalue weighted by Gasteiger charge is 2.14. The molecule has 0 bridgehead atoms. The first-order valence-corrected chi connectivity index (χ1v) is 6.88. The van der Waals surface area contributed by atoms with Gasteiger partial charge in [-0.25, -0.2) is 9.59 Å². The van der Waals surface area contributed by atoms with Gasteiger partial charge >= 0.3 is 10.9 Å².